The van der Waals surface area contributed by atoms with Crippen molar-refractivity contribution in [1.29, 1.82) is 0 Å². The van der Waals surface area contributed by atoms with Gasteiger partial charge in [0.05, 0.1) is 36.2 Å². The maximum Gasteiger partial charge on any atom is 0.339 e. The molecule has 0 radical (unpaired) electrons. The Morgan fingerprint density at radius 2 is 1.57 bits per heavy atom. The molecule has 0 saturated heterocycles. The van der Waals surface area contributed by atoms with Crippen LogP contribution in [-0.4, -0.2) is 36.5 Å². The Balaban J connectivity index is 1.80. The highest BCUT2D eigenvalue weighted by atomic mass is 16.5. The molecule has 2 aromatic carbocycles. The number of hydrogen-bond donors (Lipinski definition) is 1. The average Bonchev–Trinajstić information content (AvgIpc) is 2.84. The number of anilines is 1. The second kappa shape index (κ2) is 5.92. The molecule has 6 nitrogen and oxygen atoms in total. The standard InChI is InChI=1S/C17H14N2O4/c1-23-17(22)13-8-4-5-9-14(13)18-10-19-15(20)11-6-2-3-7-12(11)16(19)21/h2-9,18H,10H2,1H3. The zero-order chi connectivity index (χ0) is 16.4. The molecule has 0 spiro atoms. The summed E-state index contributed by atoms with van der Waals surface area (Å²) in [6.07, 6.45) is 0. The van der Waals surface area contributed by atoms with Crippen LogP contribution in [0.4, 0.5) is 5.69 Å². The van der Waals surface area contributed by atoms with Crippen LogP contribution in [0.2, 0.25) is 0 Å². The first-order valence-corrected chi connectivity index (χ1v) is 7.00. The number of benzene rings is 2. The van der Waals surface area contributed by atoms with Crippen LogP contribution >= 0.6 is 0 Å². The van der Waals surface area contributed by atoms with Gasteiger partial charge in [0.2, 0.25) is 0 Å². The van der Waals surface area contributed by atoms with Crippen molar-refractivity contribution in [2.75, 3.05) is 19.1 Å². The number of nitrogens with zero attached hydrogens (tertiary/aromatic N) is 1. The molecular weight excluding hydrogens is 296 g/mol. The van der Waals surface area contributed by atoms with Crippen LogP contribution in [0.3, 0.4) is 0 Å². The number of carbonyl (C=O) groups is 3. The predicted octanol–water partition coefficient (Wildman–Crippen LogP) is 2.14. The van der Waals surface area contributed by atoms with Gasteiger partial charge in [-0.3, -0.25) is 14.5 Å². The highest BCUT2D eigenvalue weighted by molar-refractivity contribution is 6.21. The van der Waals surface area contributed by atoms with E-state index in [9.17, 15) is 14.4 Å². The van der Waals surface area contributed by atoms with E-state index < -0.39 is 5.97 Å². The number of nitrogens with one attached hydrogen (secondary N) is 1. The number of rotatable bonds is 4. The smallest absolute Gasteiger partial charge is 0.339 e. The van der Waals surface area contributed by atoms with Crippen molar-refractivity contribution in [3.63, 3.8) is 0 Å². The summed E-state index contributed by atoms with van der Waals surface area (Å²) >= 11 is 0. The number of imide groups is 1. The van der Waals surface area contributed by atoms with Crippen LogP contribution in [0.5, 0.6) is 0 Å². The highest BCUT2D eigenvalue weighted by Gasteiger charge is 2.34. The summed E-state index contributed by atoms with van der Waals surface area (Å²) in [6.45, 7) is -0.0274. The van der Waals surface area contributed by atoms with Crippen LogP contribution < -0.4 is 5.32 Å². The largest absolute Gasteiger partial charge is 0.465 e. The lowest BCUT2D eigenvalue weighted by molar-refractivity contribution is 0.0601. The molecule has 116 valence electrons. The minimum absolute atomic E-state index is 0.0274. The van der Waals surface area contributed by atoms with Gasteiger partial charge < -0.3 is 10.1 Å². The van der Waals surface area contributed by atoms with Gasteiger partial charge in [-0.05, 0) is 24.3 Å². The number of esters is 1. The molecule has 0 atom stereocenters. The maximum atomic E-state index is 12.3. The van der Waals surface area contributed by atoms with E-state index >= 15 is 0 Å². The van der Waals surface area contributed by atoms with Gasteiger partial charge in [-0.25, -0.2) is 4.79 Å². The Bertz CT molecular complexity index is 766. The van der Waals surface area contributed by atoms with E-state index in [1.54, 1.807) is 48.5 Å². The summed E-state index contributed by atoms with van der Waals surface area (Å²) in [4.78, 5) is 37.4. The lowest BCUT2D eigenvalue weighted by atomic mass is 10.1. The van der Waals surface area contributed by atoms with Crippen LogP contribution in [0.15, 0.2) is 48.5 Å². The molecule has 0 saturated carbocycles. The molecule has 1 aliphatic heterocycles. The van der Waals surface area contributed by atoms with E-state index in [0.717, 1.165) is 4.90 Å². The molecule has 23 heavy (non-hydrogen) atoms. The van der Waals surface area contributed by atoms with Crippen molar-refractivity contribution in [2.45, 2.75) is 0 Å². The summed E-state index contributed by atoms with van der Waals surface area (Å²) in [5.74, 6) is -1.20. The summed E-state index contributed by atoms with van der Waals surface area (Å²) in [7, 11) is 1.29. The minimum atomic E-state index is -0.490. The topological polar surface area (TPSA) is 75.7 Å². The number of fused-ring (bicyclic) bond motifs is 1. The van der Waals surface area contributed by atoms with Gasteiger partial charge in [0.1, 0.15) is 0 Å². The molecule has 1 aliphatic rings. The van der Waals surface area contributed by atoms with Crippen LogP contribution in [-0.2, 0) is 4.74 Å². The molecule has 6 heteroatoms. The van der Waals surface area contributed by atoms with Crippen molar-refractivity contribution >= 4 is 23.5 Å². The molecule has 0 unspecified atom stereocenters. The SMILES string of the molecule is COC(=O)c1ccccc1NCN1C(=O)c2ccccc2C1=O. The Labute approximate surface area is 132 Å². The van der Waals surface area contributed by atoms with Gasteiger partial charge in [0, 0.05) is 0 Å². The van der Waals surface area contributed by atoms with E-state index in [4.69, 9.17) is 4.74 Å². The van der Waals surface area contributed by atoms with Crippen LogP contribution in [0.1, 0.15) is 31.1 Å². The first kappa shape index (κ1) is 14.8. The lowest BCUT2D eigenvalue weighted by Crippen LogP contribution is -2.34. The number of carbonyl (C=O) groups excluding carboxylic acids is 3. The molecule has 2 amide bonds. The van der Waals surface area contributed by atoms with Crippen molar-refractivity contribution in [3.8, 4) is 0 Å². The van der Waals surface area contributed by atoms with Crippen molar-refractivity contribution in [1.82, 2.24) is 4.90 Å². The molecule has 2 aromatic rings. The Hall–Kier alpha value is -3.15. The van der Waals surface area contributed by atoms with Gasteiger partial charge >= 0.3 is 5.97 Å². The van der Waals surface area contributed by atoms with Crippen molar-refractivity contribution < 1.29 is 19.1 Å². The predicted molar refractivity (Wildman–Crippen MR) is 83.2 cm³/mol. The number of amides is 2. The number of methoxy groups -OCH3 is 1. The van der Waals surface area contributed by atoms with Crippen molar-refractivity contribution in [3.05, 3.63) is 65.2 Å². The number of para-hydroxylation sites is 1. The van der Waals surface area contributed by atoms with E-state index in [2.05, 4.69) is 5.32 Å². The Kier molecular flexibility index (Phi) is 3.80. The molecule has 0 fully saturated rings. The van der Waals surface area contributed by atoms with E-state index in [1.165, 1.54) is 7.11 Å². The molecule has 0 aliphatic carbocycles. The first-order chi connectivity index (χ1) is 11.1. The van der Waals surface area contributed by atoms with Gasteiger partial charge in [-0.2, -0.15) is 0 Å². The molecule has 1 N–H and O–H groups in total. The fraction of sp³-hybridized carbons (Fsp3) is 0.118. The monoisotopic (exact) mass is 310 g/mol. The average molecular weight is 310 g/mol. The first-order valence-electron chi connectivity index (χ1n) is 7.00. The summed E-state index contributed by atoms with van der Waals surface area (Å²) in [5, 5.41) is 2.95. The second-order valence-corrected chi connectivity index (χ2v) is 4.96. The molecule has 1 heterocycles. The van der Waals surface area contributed by atoms with Gasteiger partial charge in [0.15, 0.2) is 0 Å². The molecule has 0 bridgehead atoms. The van der Waals surface area contributed by atoms with E-state index in [1.807, 2.05) is 0 Å². The maximum absolute atomic E-state index is 12.3. The van der Waals surface area contributed by atoms with Gasteiger partial charge in [0.25, 0.3) is 11.8 Å². The fourth-order valence-electron chi connectivity index (χ4n) is 2.47. The molecule has 0 aromatic heterocycles. The van der Waals surface area contributed by atoms with E-state index in [0.29, 0.717) is 22.4 Å². The molecule has 3 rings (SSSR count). The third-order valence-electron chi connectivity index (χ3n) is 3.64. The van der Waals surface area contributed by atoms with Crippen molar-refractivity contribution in [2.24, 2.45) is 0 Å². The number of hydrogen-bond acceptors (Lipinski definition) is 5. The van der Waals surface area contributed by atoms with Gasteiger partial charge in [-0.15, -0.1) is 0 Å². The van der Waals surface area contributed by atoms with Gasteiger partial charge in [-0.1, -0.05) is 24.3 Å². The lowest BCUT2D eigenvalue weighted by Gasteiger charge is -2.17. The zero-order valence-corrected chi connectivity index (χ0v) is 12.4. The summed E-state index contributed by atoms with van der Waals surface area (Å²) in [6, 6.07) is 13.4. The third-order valence-corrected chi connectivity index (χ3v) is 3.64. The van der Waals surface area contributed by atoms with Crippen LogP contribution in [0, 0.1) is 0 Å². The summed E-state index contributed by atoms with van der Waals surface area (Å²) < 4.78 is 4.72. The number of ether oxygens (including phenoxy) is 1. The second-order valence-electron chi connectivity index (χ2n) is 4.96. The Morgan fingerprint density at radius 1 is 1.00 bits per heavy atom. The molecular formula is C17H14N2O4. The zero-order valence-electron chi connectivity index (χ0n) is 12.4. The normalized spacial score (nSPS) is 13.0. The van der Waals surface area contributed by atoms with Crippen LogP contribution in [0.25, 0.3) is 0 Å². The summed E-state index contributed by atoms with van der Waals surface area (Å²) in [5.41, 5.74) is 1.61. The minimum Gasteiger partial charge on any atom is -0.465 e. The quantitative estimate of drug-likeness (QED) is 0.691. The third kappa shape index (κ3) is 2.55. The highest BCUT2D eigenvalue weighted by Crippen LogP contribution is 2.23. The Morgan fingerprint density at radius 3 is 2.17 bits per heavy atom. The van der Waals surface area contributed by atoms with E-state index in [-0.39, 0.29) is 18.5 Å². The fourth-order valence-corrected chi connectivity index (χ4v) is 2.47.